The summed E-state index contributed by atoms with van der Waals surface area (Å²) in [6.45, 7) is 5.00. The summed E-state index contributed by atoms with van der Waals surface area (Å²) in [5.74, 6) is 1.49. The van der Waals surface area contributed by atoms with Gasteiger partial charge in [0.2, 0.25) is 0 Å². The Labute approximate surface area is 204 Å². The van der Waals surface area contributed by atoms with Crippen LogP contribution in [0.1, 0.15) is 98.2 Å². The van der Waals surface area contributed by atoms with E-state index < -0.39 is 0 Å². The van der Waals surface area contributed by atoms with E-state index in [9.17, 15) is 4.79 Å². The zero-order valence-electron chi connectivity index (χ0n) is 21.1. The molecule has 0 aromatic heterocycles. The van der Waals surface area contributed by atoms with Crippen LogP contribution >= 0.6 is 0 Å². The molecular weight excluding hydrogens is 424 g/mol. The molecule has 5 heteroatoms. The highest BCUT2D eigenvalue weighted by atomic mass is 16.5. The fourth-order valence-electron chi connectivity index (χ4n) is 4.43. The van der Waals surface area contributed by atoms with Crippen LogP contribution in [0.15, 0.2) is 41.5 Å². The summed E-state index contributed by atoms with van der Waals surface area (Å²) < 4.78 is 11.3. The van der Waals surface area contributed by atoms with Crippen LogP contribution in [0.3, 0.4) is 0 Å². The van der Waals surface area contributed by atoms with Crippen LogP contribution < -0.4 is 14.9 Å². The van der Waals surface area contributed by atoms with Gasteiger partial charge in [-0.3, -0.25) is 4.79 Å². The van der Waals surface area contributed by atoms with Crippen molar-refractivity contribution < 1.29 is 14.3 Å². The van der Waals surface area contributed by atoms with Crippen molar-refractivity contribution in [2.75, 3.05) is 13.7 Å². The van der Waals surface area contributed by atoms with Gasteiger partial charge in [0.05, 0.1) is 19.4 Å². The molecule has 5 nitrogen and oxygen atoms in total. The van der Waals surface area contributed by atoms with Gasteiger partial charge in [-0.2, -0.15) is 5.10 Å². The molecule has 0 radical (unpaired) electrons. The molecule has 0 spiro atoms. The molecule has 0 fully saturated rings. The van der Waals surface area contributed by atoms with E-state index in [2.05, 4.69) is 29.6 Å². The van der Waals surface area contributed by atoms with Gasteiger partial charge in [0.25, 0.3) is 5.91 Å². The second-order valence-corrected chi connectivity index (χ2v) is 9.18. The first-order chi connectivity index (χ1) is 16.6. The van der Waals surface area contributed by atoms with E-state index in [1.165, 1.54) is 50.5 Å². The number of unbranched alkanes of at least 4 members (excludes halogenated alkanes) is 7. The van der Waals surface area contributed by atoms with E-state index in [0.717, 1.165) is 60.6 Å². The maximum atomic E-state index is 12.6. The lowest BCUT2D eigenvalue weighted by atomic mass is 9.88. The van der Waals surface area contributed by atoms with Crippen LogP contribution in [-0.4, -0.2) is 25.3 Å². The fraction of sp³-hybridized carbons (Fsp3) is 0.517. The topological polar surface area (TPSA) is 59.9 Å². The molecule has 1 N–H and O–H groups in total. The molecule has 0 bridgehead atoms. The molecule has 0 saturated heterocycles. The number of nitrogens with one attached hydrogen (secondary N) is 1. The first-order valence-corrected chi connectivity index (χ1v) is 12.9. The van der Waals surface area contributed by atoms with E-state index in [4.69, 9.17) is 9.47 Å². The summed E-state index contributed by atoms with van der Waals surface area (Å²) in [6, 6.07) is 11.5. The standard InChI is InChI=1S/C29H40N2O3/c1-4-5-6-7-8-9-10-11-19-34-25-17-15-23(16-18-25)29(32)31-30-27-14-12-13-24-21-28(33-3)22(2)20-26(24)27/h15-18,20-21H,4-14,19H2,1-3H3,(H,31,32)/b30-27-. The van der Waals surface area contributed by atoms with Crippen molar-refractivity contribution in [3.05, 3.63) is 58.7 Å². The van der Waals surface area contributed by atoms with Crippen LogP contribution in [0.4, 0.5) is 0 Å². The molecule has 0 atom stereocenters. The normalized spacial score (nSPS) is 14.0. The molecule has 0 aliphatic heterocycles. The Morgan fingerprint density at radius 3 is 2.38 bits per heavy atom. The molecule has 1 aliphatic carbocycles. The zero-order chi connectivity index (χ0) is 24.2. The second kappa shape index (κ2) is 13.8. The van der Waals surface area contributed by atoms with E-state index in [1.807, 2.05) is 19.1 Å². The molecular formula is C29H40N2O3. The number of hydrogen-bond acceptors (Lipinski definition) is 4. The first kappa shape index (κ1) is 25.8. The molecule has 0 unspecified atom stereocenters. The second-order valence-electron chi connectivity index (χ2n) is 9.18. The SMILES string of the molecule is CCCCCCCCCCOc1ccc(C(=O)N/N=C2/CCCc3cc(OC)c(C)cc32)cc1. The minimum atomic E-state index is -0.209. The number of amides is 1. The number of benzene rings is 2. The fourth-order valence-corrected chi connectivity index (χ4v) is 4.43. The van der Waals surface area contributed by atoms with Crippen LogP contribution in [-0.2, 0) is 6.42 Å². The van der Waals surface area contributed by atoms with Gasteiger partial charge in [-0.05, 0) is 80.1 Å². The van der Waals surface area contributed by atoms with Crippen molar-refractivity contribution in [1.29, 1.82) is 0 Å². The maximum absolute atomic E-state index is 12.6. The van der Waals surface area contributed by atoms with Crippen molar-refractivity contribution in [3.8, 4) is 11.5 Å². The predicted molar refractivity (Wildman–Crippen MR) is 139 cm³/mol. The minimum Gasteiger partial charge on any atom is -0.496 e. The number of rotatable bonds is 13. The molecule has 3 rings (SSSR count). The monoisotopic (exact) mass is 464 g/mol. The number of methoxy groups -OCH3 is 1. The Hall–Kier alpha value is -2.82. The maximum Gasteiger partial charge on any atom is 0.271 e. The summed E-state index contributed by atoms with van der Waals surface area (Å²) in [5.41, 5.74) is 7.64. The summed E-state index contributed by atoms with van der Waals surface area (Å²) in [7, 11) is 1.69. The average molecular weight is 465 g/mol. The molecule has 2 aromatic rings. The Balaban J connectivity index is 1.45. The third-order valence-electron chi connectivity index (χ3n) is 6.47. The predicted octanol–water partition coefficient (Wildman–Crippen LogP) is 6.99. The number of carbonyl (C=O) groups excluding carboxylic acids is 1. The van der Waals surface area contributed by atoms with E-state index in [0.29, 0.717) is 5.56 Å². The quantitative estimate of drug-likeness (QED) is 0.257. The van der Waals surface area contributed by atoms with Gasteiger partial charge in [0, 0.05) is 11.1 Å². The lowest BCUT2D eigenvalue weighted by Gasteiger charge is -2.20. The Bertz CT molecular complexity index is 951. The molecule has 1 amide bonds. The van der Waals surface area contributed by atoms with Crippen LogP contribution in [0, 0.1) is 6.92 Å². The van der Waals surface area contributed by atoms with Crippen molar-refractivity contribution in [1.82, 2.24) is 5.43 Å². The number of nitrogens with zero attached hydrogens (tertiary/aromatic N) is 1. The van der Waals surface area contributed by atoms with Gasteiger partial charge in [-0.1, -0.05) is 51.9 Å². The highest BCUT2D eigenvalue weighted by Gasteiger charge is 2.18. The van der Waals surface area contributed by atoms with Gasteiger partial charge in [0.1, 0.15) is 11.5 Å². The molecule has 184 valence electrons. The van der Waals surface area contributed by atoms with Crippen LogP contribution in [0.5, 0.6) is 11.5 Å². The summed E-state index contributed by atoms with van der Waals surface area (Å²) >= 11 is 0. The summed E-state index contributed by atoms with van der Waals surface area (Å²) in [6.07, 6.45) is 13.1. The van der Waals surface area contributed by atoms with E-state index in [1.54, 1.807) is 19.2 Å². The number of aryl methyl sites for hydroxylation is 2. The number of fused-ring (bicyclic) bond motifs is 1. The molecule has 1 aliphatic rings. The average Bonchev–Trinajstić information content (AvgIpc) is 2.86. The third-order valence-corrected chi connectivity index (χ3v) is 6.47. The molecule has 34 heavy (non-hydrogen) atoms. The lowest BCUT2D eigenvalue weighted by molar-refractivity contribution is 0.0954. The van der Waals surface area contributed by atoms with Crippen molar-refractivity contribution in [2.45, 2.75) is 84.5 Å². The minimum absolute atomic E-state index is 0.209. The van der Waals surface area contributed by atoms with E-state index in [-0.39, 0.29) is 5.91 Å². The smallest absolute Gasteiger partial charge is 0.271 e. The largest absolute Gasteiger partial charge is 0.496 e. The molecule has 2 aromatic carbocycles. The van der Waals surface area contributed by atoms with Crippen LogP contribution in [0.2, 0.25) is 0 Å². The first-order valence-electron chi connectivity index (χ1n) is 12.9. The van der Waals surface area contributed by atoms with Gasteiger partial charge < -0.3 is 9.47 Å². The van der Waals surface area contributed by atoms with Gasteiger partial charge in [0.15, 0.2) is 0 Å². The highest BCUT2D eigenvalue weighted by Crippen LogP contribution is 2.29. The Morgan fingerprint density at radius 1 is 0.971 bits per heavy atom. The number of hydrogen-bond donors (Lipinski definition) is 1. The van der Waals surface area contributed by atoms with Gasteiger partial charge >= 0.3 is 0 Å². The molecule has 0 saturated carbocycles. The highest BCUT2D eigenvalue weighted by molar-refractivity contribution is 6.04. The van der Waals surface area contributed by atoms with Gasteiger partial charge in [-0.15, -0.1) is 0 Å². The Kier molecular flexibility index (Phi) is 10.5. The van der Waals surface area contributed by atoms with Crippen molar-refractivity contribution in [2.24, 2.45) is 5.10 Å². The van der Waals surface area contributed by atoms with Crippen LogP contribution in [0.25, 0.3) is 0 Å². The van der Waals surface area contributed by atoms with E-state index >= 15 is 0 Å². The molecule has 0 heterocycles. The number of ether oxygens (including phenoxy) is 2. The zero-order valence-corrected chi connectivity index (χ0v) is 21.1. The number of carbonyl (C=O) groups is 1. The van der Waals surface area contributed by atoms with Gasteiger partial charge in [-0.25, -0.2) is 5.43 Å². The Morgan fingerprint density at radius 2 is 1.68 bits per heavy atom. The van der Waals surface area contributed by atoms with Crippen molar-refractivity contribution in [3.63, 3.8) is 0 Å². The third kappa shape index (κ3) is 7.61. The van der Waals surface area contributed by atoms with Crippen molar-refractivity contribution >= 4 is 11.6 Å². The number of hydrazone groups is 1. The summed E-state index contributed by atoms with van der Waals surface area (Å²) in [4.78, 5) is 12.6. The summed E-state index contributed by atoms with van der Waals surface area (Å²) in [5, 5.41) is 4.47. The lowest BCUT2D eigenvalue weighted by Crippen LogP contribution is -2.22.